The molecule has 4 aromatic carbocycles. The average molecular weight is 442 g/mol. The van der Waals surface area contributed by atoms with E-state index in [0.717, 1.165) is 55.9 Å². The van der Waals surface area contributed by atoms with Gasteiger partial charge in [-0.25, -0.2) is 0 Å². The van der Waals surface area contributed by atoms with Gasteiger partial charge in [-0.1, -0.05) is 42.5 Å². The normalized spacial score (nSPS) is 10.7. The van der Waals surface area contributed by atoms with Gasteiger partial charge in [-0.15, -0.1) is 0 Å². The first-order valence-electron chi connectivity index (χ1n) is 10.1. The number of methoxy groups -OCH3 is 3. The first-order valence-corrected chi connectivity index (χ1v) is 10.9. The third-order valence-electron chi connectivity index (χ3n) is 5.44. The zero-order chi connectivity index (χ0) is 22.5. The van der Waals surface area contributed by atoms with Crippen LogP contribution in [0.5, 0.6) is 17.2 Å². The molecule has 5 heteroatoms. The van der Waals surface area contributed by atoms with E-state index < -0.39 is 0 Å². The molecule has 160 valence electrons. The highest BCUT2D eigenvalue weighted by Crippen LogP contribution is 2.41. The topological polar surface area (TPSA) is 44.8 Å². The van der Waals surface area contributed by atoms with Gasteiger partial charge in [0.25, 0.3) is 0 Å². The van der Waals surface area contributed by atoms with Gasteiger partial charge in [-0.05, 0) is 70.3 Å². The largest absolute Gasteiger partial charge is 0.497 e. The quantitative estimate of drug-likeness (QED) is 0.301. The van der Waals surface area contributed by atoms with Crippen molar-refractivity contribution in [2.45, 2.75) is 0 Å². The predicted octanol–water partition coefficient (Wildman–Crippen LogP) is 6.63. The number of rotatable bonds is 7. The molecule has 4 aromatic rings. The lowest BCUT2D eigenvalue weighted by Gasteiger charge is -2.18. The van der Waals surface area contributed by atoms with Crippen LogP contribution >= 0.6 is 8.46 Å². The Balaban J connectivity index is 2.01. The molecular weight excluding hydrogens is 419 g/mol. The second kappa shape index (κ2) is 9.67. The van der Waals surface area contributed by atoms with Crippen LogP contribution in [0.4, 0.5) is 0 Å². The Morgan fingerprint density at radius 2 is 0.906 bits per heavy atom. The molecule has 0 aromatic heterocycles. The molecule has 0 saturated heterocycles. The molecule has 4 nitrogen and oxygen atoms in total. The van der Waals surface area contributed by atoms with Gasteiger partial charge < -0.3 is 14.2 Å². The van der Waals surface area contributed by atoms with Crippen LogP contribution in [0.25, 0.3) is 33.4 Å². The molecule has 0 aliphatic rings. The molecule has 0 saturated carbocycles. The van der Waals surface area contributed by atoms with Crippen molar-refractivity contribution in [3.05, 3.63) is 84.9 Å². The summed E-state index contributed by atoms with van der Waals surface area (Å²) in [6.07, 6.45) is 0. The van der Waals surface area contributed by atoms with Crippen LogP contribution in [0.2, 0.25) is 0 Å². The summed E-state index contributed by atoms with van der Waals surface area (Å²) in [6, 6.07) is 27.6. The maximum Gasteiger partial charge on any atom is 0.192 e. The maximum atomic E-state index is 12.2. The van der Waals surface area contributed by atoms with Crippen molar-refractivity contribution >= 4 is 13.8 Å². The summed E-state index contributed by atoms with van der Waals surface area (Å²) in [4.78, 5) is 0. The zero-order valence-electron chi connectivity index (χ0n) is 18.2. The Morgan fingerprint density at radius 1 is 0.500 bits per heavy atom. The lowest BCUT2D eigenvalue weighted by atomic mass is 9.87. The van der Waals surface area contributed by atoms with Gasteiger partial charge in [0.05, 0.1) is 26.6 Å². The molecule has 0 radical (unpaired) electrons. The Kier molecular flexibility index (Phi) is 6.53. The predicted molar refractivity (Wildman–Crippen MR) is 130 cm³/mol. The summed E-state index contributed by atoms with van der Waals surface area (Å²) in [7, 11) is 4.91. The standard InChI is InChI=1S/C27H23O4P/c1-29-21-10-4-18(5-11-21)24-16-17-25(32-28)27(20-8-14-23(31-3)15-9-20)26(24)19-6-12-22(30-2)13-7-19/h4-17H,1-3H3. The van der Waals surface area contributed by atoms with Gasteiger partial charge in [-0.3, -0.25) is 4.57 Å². The van der Waals surface area contributed by atoms with Crippen LogP contribution < -0.4 is 19.5 Å². The van der Waals surface area contributed by atoms with E-state index in [0.29, 0.717) is 0 Å². The van der Waals surface area contributed by atoms with E-state index in [1.165, 1.54) is 0 Å². The van der Waals surface area contributed by atoms with Crippen molar-refractivity contribution in [3.63, 3.8) is 0 Å². The summed E-state index contributed by atoms with van der Waals surface area (Å²) in [5.41, 5.74) is 5.97. The molecule has 0 aliphatic carbocycles. The Bertz CT molecular complexity index is 1210. The second-order valence-corrected chi connectivity index (χ2v) is 7.82. The minimum absolute atomic E-state index is 0.0412. The van der Waals surface area contributed by atoms with Crippen LogP contribution in [0.15, 0.2) is 84.9 Å². The van der Waals surface area contributed by atoms with Crippen molar-refractivity contribution in [1.82, 2.24) is 0 Å². The van der Waals surface area contributed by atoms with Gasteiger partial charge in [0.1, 0.15) is 17.2 Å². The molecule has 32 heavy (non-hydrogen) atoms. The highest BCUT2D eigenvalue weighted by atomic mass is 31.1. The first-order chi connectivity index (χ1) is 15.7. The van der Waals surface area contributed by atoms with Gasteiger partial charge in [0.15, 0.2) is 8.46 Å². The molecule has 0 bridgehead atoms. The van der Waals surface area contributed by atoms with Crippen LogP contribution in [0, 0.1) is 0 Å². The fourth-order valence-electron chi connectivity index (χ4n) is 3.79. The van der Waals surface area contributed by atoms with Crippen molar-refractivity contribution in [2.75, 3.05) is 21.3 Å². The van der Waals surface area contributed by atoms with E-state index in [2.05, 4.69) is 0 Å². The highest BCUT2D eigenvalue weighted by molar-refractivity contribution is 7.34. The van der Waals surface area contributed by atoms with Crippen molar-refractivity contribution in [1.29, 1.82) is 0 Å². The smallest absolute Gasteiger partial charge is 0.192 e. The van der Waals surface area contributed by atoms with Gasteiger partial charge >= 0.3 is 0 Å². The van der Waals surface area contributed by atoms with Gasteiger partial charge in [0.2, 0.25) is 0 Å². The molecule has 0 unspecified atom stereocenters. The van der Waals surface area contributed by atoms with E-state index in [1.807, 2.05) is 84.9 Å². The van der Waals surface area contributed by atoms with Gasteiger partial charge in [-0.2, -0.15) is 0 Å². The lowest BCUT2D eigenvalue weighted by molar-refractivity contribution is 0.414. The third-order valence-corrected chi connectivity index (χ3v) is 6.01. The zero-order valence-corrected chi connectivity index (χ0v) is 19.1. The Labute approximate surface area is 189 Å². The summed E-state index contributed by atoms with van der Waals surface area (Å²) in [5, 5.41) is 0.721. The van der Waals surface area contributed by atoms with E-state index in [4.69, 9.17) is 14.2 Å². The fourth-order valence-corrected chi connectivity index (χ4v) is 4.25. The van der Waals surface area contributed by atoms with Crippen molar-refractivity contribution in [2.24, 2.45) is 0 Å². The van der Waals surface area contributed by atoms with Crippen molar-refractivity contribution < 1.29 is 18.8 Å². The molecule has 0 heterocycles. The molecule has 0 N–H and O–H groups in total. The molecule has 0 fully saturated rings. The molecule has 0 atom stereocenters. The van der Waals surface area contributed by atoms with Gasteiger partial charge in [0, 0.05) is 5.56 Å². The maximum absolute atomic E-state index is 12.2. The Hall–Kier alpha value is -3.62. The number of ether oxygens (including phenoxy) is 3. The van der Waals surface area contributed by atoms with Crippen LogP contribution in [-0.2, 0) is 4.57 Å². The summed E-state index contributed by atoms with van der Waals surface area (Å²) in [6.45, 7) is 0. The lowest BCUT2D eigenvalue weighted by Crippen LogP contribution is -2.03. The fraction of sp³-hybridized carbons (Fsp3) is 0.111. The average Bonchev–Trinajstić information content (AvgIpc) is 2.88. The molecule has 0 amide bonds. The third kappa shape index (κ3) is 4.23. The monoisotopic (exact) mass is 442 g/mol. The summed E-state index contributed by atoms with van der Waals surface area (Å²) < 4.78 is 28.2. The minimum Gasteiger partial charge on any atom is -0.497 e. The first kappa shape index (κ1) is 21.6. The van der Waals surface area contributed by atoms with Crippen molar-refractivity contribution in [3.8, 4) is 50.6 Å². The SMILES string of the molecule is COc1ccc(-c2ccc(P=O)c(-c3ccc(OC)cc3)c2-c2ccc(OC)cc2)cc1. The van der Waals surface area contributed by atoms with E-state index in [1.54, 1.807) is 21.3 Å². The van der Waals surface area contributed by atoms with Crippen LogP contribution in [0.3, 0.4) is 0 Å². The van der Waals surface area contributed by atoms with E-state index in [-0.39, 0.29) is 8.46 Å². The molecule has 0 aliphatic heterocycles. The second-order valence-electron chi connectivity index (χ2n) is 7.16. The van der Waals surface area contributed by atoms with E-state index in [9.17, 15) is 4.57 Å². The highest BCUT2D eigenvalue weighted by Gasteiger charge is 2.19. The minimum atomic E-state index is -0.0412. The van der Waals surface area contributed by atoms with Crippen LogP contribution in [0.1, 0.15) is 0 Å². The Morgan fingerprint density at radius 3 is 1.31 bits per heavy atom. The number of hydrogen-bond acceptors (Lipinski definition) is 4. The summed E-state index contributed by atoms with van der Waals surface area (Å²) in [5.74, 6) is 2.35. The molecule has 0 spiro atoms. The molecule has 4 rings (SSSR count). The number of benzene rings is 4. The van der Waals surface area contributed by atoms with Crippen LogP contribution in [-0.4, -0.2) is 21.3 Å². The van der Waals surface area contributed by atoms with E-state index >= 15 is 0 Å². The molecular formula is C27H23O4P. The number of hydrogen-bond donors (Lipinski definition) is 0. The summed E-state index contributed by atoms with van der Waals surface area (Å²) >= 11 is 0.